The number of carbonyl (C=O) groups is 2. The van der Waals surface area contributed by atoms with Crippen LogP contribution in [-0.4, -0.2) is 69.4 Å². The Bertz CT molecular complexity index is 1490. The quantitative estimate of drug-likeness (QED) is 0.308. The number of cyclic esters (lactones) is 1. The predicted molar refractivity (Wildman–Crippen MR) is 127 cm³/mol. The predicted octanol–water partition coefficient (Wildman–Crippen LogP) is 2.13. The van der Waals surface area contributed by atoms with E-state index in [0.29, 0.717) is 4.41 Å². The molecule has 1 atom stereocenters. The third-order valence-electron chi connectivity index (χ3n) is 5.44. The molecule has 2 aromatic carbocycles. The summed E-state index contributed by atoms with van der Waals surface area (Å²) in [6, 6.07) is 14.3. The standard InChI is InChI=1S/C22H19N5O7S2/c28-21(29)16(27(36(31)32)26-8-9-33-22(26)30)11-18-24-25-19(34-18)12-20-23-15-7-6-14(10-17(15)35-20)13-4-2-1-3-5-13/h1-7,10,16,36H,8-9,11-12H2,(H,28,29). The van der Waals surface area contributed by atoms with Gasteiger partial charge in [0.05, 0.1) is 29.6 Å². The molecule has 1 N–H and O–H groups in total. The van der Waals surface area contributed by atoms with Crippen molar-refractivity contribution in [3.8, 4) is 11.1 Å². The van der Waals surface area contributed by atoms with E-state index in [1.54, 1.807) is 0 Å². The summed E-state index contributed by atoms with van der Waals surface area (Å²) in [5.41, 5.74) is 2.99. The molecule has 36 heavy (non-hydrogen) atoms. The van der Waals surface area contributed by atoms with Crippen molar-refractivity contribution >= 4 is 44.5 Å². The van der Waals surface area contributed by atoms with Crippen molar-refractivity contribution in [2.45, 2.75) is 18.9 Å². The van der Waals surface area contributed by atoms with Crippen LogP contribution >= 0.6 is 11.3 Å². The number of carbonyl (C=O) groups excluding carboxylic acids is 1. The molecule has 0 bridgehead atoms. The van der Waals surface area contributed by atoms with Crippen LogP contribution in [0.3, 0.4) is 0 Å². The number of amides is 1. The summed E-state index contributed by atoms with van der Waals surface area (Å²) in [6.45, 7) is -0.144. The van der Waals surface area contributed by atoms with Crippen LogP contribution in [0.5, 0.6) is 0 Å². The van der Waals surface area contributed by atoms with E-state index in [2.05, 4.69) is 21.2 Å². The maximum atomic E-state index is 11.9. The van der Waals surface area contributed by atoms with E-state index < -0.39 is 35.4 Å². The zero-order valence-corrected chi connectivity index (χ0v) is 20.2. The number of rotatable bonds is 9. The van der Waals surface area contributed by atoms with Crippen LogP contribution in [0.4, 0.5) is 4.79 Å². The molecule has 1 aliphatic rings. The molecule has 5 rings (SSSR count). The number of thiazole rings is 1. The first-order valence-electron chi connectivity index (χ1n) is 10.8. The molecule has 1 fully saturated rings. The Morgan fingerprint density at radius 2 is 1.92 bits per heavy atom. The third kappa shape index (κ3) is 4.91. The van der Waals surface area contributed by atoms with Crippen molar-refractivity contribution in [2.75, 3.05) is 13.2 Å². The van der Waals surface area contributed by atoms with Gasteiger partial charge in [0.25, 0.3) is 0 Å². The summed E-state index contributed by atoms with van der Waals surface area (Å²) in [4.78, 5) is 28.3. The third-order valence-corrected chi connectivity index (χ3v) is 7.28. The lowest BCUT2D eigenvalue weighted by Gasteiger charge is -2.28. The molecular weight excluding hydrogens is 510 g/mol. The second kappa shape index (κ2) is 10.0. The Morgan fingerprint density at radius 1 is 1.14 bits per heavy atom. The van der Waals surface area contributed by atoms with Crippen molar-refractivity contribution in [1.29, 1.82) is 0 Å². The van der Waals surface area contributed by atoms with Crippen LogP contribution < -0.4 is 0 Å². The fourth-order valence-corrected chi connectivity index (χ4v) is 5.55. The molecule has 4 aromatic rings. The molecule has 1 saturated heterocycles. The number of carboxylic acid groups (broad SMARTS) is 1. The molecule has 0 aliphatic carbocycles. The second-order valence-electron chi connectivity index (χ2n) is 7.78. The Kier molecular flexibility index (Phi) is 6.63. The van der Waals surface area contributed by atoms with E-state index in [9.17, 15) is 23.1 Å². The maximum Gasteiger partial charge on any atom is 0.425 e. The van der Waals surface area contributed by atoms with E-state index in [4.69, 9.17) is 9.15 Å². The Balaban J connectivity index is 1.33. The summed E-state index contributed by atoms with van der Waals surface area (Å²) in [5.74, 6) is -1.36. The lowest BCUT2D eigenvalue weighted by molar-refractivity contribution is -0.144. The number of aliphatic carboxylic acids is 1. The van der Waals surface area contributed by atoms with Crippen molar-refractivity contribution in [3.05, 3.63) is 65.3 Å². The summed E-state index contributed by atoms with van der Waals surface area (Å²) in [5, 5.41) is 18.9. The molecule has 1 unspecified atom stereocenters. The van der Waals surface area contributed by atoms with Crippen molar-refractivity contribution in [3.63, 3.8) is 0 Å². The molecule has 2 aromatic heterocycles. The number of fused-ring (bicyclic) bond motifs is 1. The smallest absolute Gasteiger partial charge is 0.425 e. The topological polar surface area (TPSA) is 156 Å². The average molecular weight is 530 g/mol. The van der Waals surface area contributed by atoms with E-state index in [1.807, 2.05) is 42.5 Å². The number of benzene rings is 2. The number of ether oxygens (including phenoxy) is 1. The van der Waals surface area contributed by atoms with Gasteiger partial charge in [0, 0.05) is 0 Å². The van der Waals surface area contributed by atoms with Crippen molar-refractivity contribution < 1.29 is 32.3 Å². The SMILES string of the molecule is O=C(O)C(Cc1nnc(Cc2nc3ccc(-c4ccccc4)cc3s2)o1)N(N1CCOC1=O)[SH](=O)=O. The fraction of sp³-hybridized carbons (Fsp3) is 0.227. The van der Waals surface area contributed by atoms with E-state index in [1.165, 1.54) is 11.3 Å². The largest absolute Gasteiger partial charge is 0.480 e. The normalized spacial score (nSPS) is 14.6. The maximum absolute atomic E-state index is 11.9. The van der Waals surface area contributed by atoms with Crippen LogP contribution in [0.15, 0.2) is 52.9 Å². The Labute approximate surface area is 209 Å². The van der Waals surface area contributed by atoms with Gasteiger partial charge in [-0.15, -0.1) is 21.5 Å². The van der Waals surface area contributed by atoms with Gasteiger partial charge in [-0.2, -0.15) is 0 Å². The molecule has 186 valence electrons. The molecular formula is C22H19N5O7S2. The number of aromatic nitrogens is 3. The van der Waals surface area contributed by atoms with Crippen LogP contribution in [0.1, 0.15) is 16.8 Å². The van der Waals surface area contributed by atoms with Crippen molar-refractivity contribution in [1.82, 2.24) is 24.6 Å². The summed E-state index contributed by atoms with van der Waals surface area (Å²) < 4.78 is 35.4. The number of nitrogens with zero attached hydrogens (tertiary/aromatic N) is 5. The fourth-order valence-electron chi connectivity index (χ4n) is 3.80. The molecule has 0 radical (unpaired) electrons. The van der Waals surface area contributed by atoms with Crippen molar-refractivity contribution in [2.24, 2.45) is 0 Å². The summed E-state index contributed by atoms with van der Waals surface area (Å²) in [6.07, 6.45) is -1.16. The minimum atomic E-state index is -3.45. The molecule has 1 aliphatic heterocycles. The van der Waals surface area contributed by atoms with E-state index >= 15 is 0 Å². The van der Waals surface area contributed by atoms with Gasteiger partial charge in [0.15, 0.2) is 6.04 Å². The number of hydrazine groups is 1. The highest BCUT2D eigenvalue weighted by Gasteiger charge is 2.39. The van der Waals surface area contributed by atoms with Gasteiger partial charge in [-0.1, -0.05) is 40.8 Å². The first-order valence-corrected chi connectivity index (χ1v) is 12.7. The van der Waals surface area contributed by atoms with Crippen LogP contribution in [0.25, 0.3) is 21.3 Å². The van der Waals surface area contributed by atoms with Gasteiger partial charge in [0.2, 0.25) is 22.7 Å². The van der Waals surface area contributed by atoms with Gasteiger partial charge < -0.3 is 14.3 Å². The van der Waals surface area contributed by atoms with Gasteiger partial charge in [0.1, 0.15) is 11.6 Å². The lowest BCUT2D eigenvalue weighted by atomic mass is 10.1. The highest BCUT2D eigenvalue weighted by molar-refractivity contribution is 7.69. The number of thiol groups is 1. The average Bonchev–Trinajstić information content (AvgIpc) is 3.59. The number of hydrogen-bond donors (Lipinski definition) is 2. The van der Waals surface area contributed by atoms with Gasteiger partial charge in [-0.3, -0.25) is 4.79 Å². The van der Waals surface area contributed by atoms with Gasteiger partial charge in [-0.05, 0) is 23.3 Å². The Hall–Kier alpha value is -3.88. The Morgan fingerprint density at radius 3 is 2.61 bits per heavy atom. The zero-order valence-electron chi connectivity index (χ0n) is 18.5. The monoisotopic (exact) mass is 529 g/mol. The van der Waals surface area contributed by atoms with Crippen LogP contribution in [0.2, 0.25) is 0 Å². The van der Waals surface area contributed by atoms with Gasteiger partial charge >= 0.3 is 12.1 Å². The van der Waals surface area contributed by atoms with E-state index in [0.717, 1.165) is 31.4 Å². The van der Waals surface area contributed by atoms with Crippen LogP contribution in [-0.2, 0) is 33.3 Å². The second-order valence-corrected chi connectivity index (χ2v) is 9.78. The number of hydrogen-bond acceptors (Lipinski definition) is 10. The highest BCUT2D eigenvalue weighted by Crippen LogP contribution is 2.29. The van der Waals surface area contributed by atoms with Gasteiger partial charge in [-0.25, -0.2) is 23.2 Å². The first-order chi connectivity index (χ1) is 17.4. The number of carboxylic acids is 1. The van der Waals surface area contributed by atoms with Crippen LogP contribution in [0, 0.1) is 0 Å². The zero-order chi connectivity index (χ0) is 25.2. The molecule has 0 saturated carbocycles. The summed E-state index contributed by atoms with van der Waals surface area (Å²) in [7, 11) is -3.45. The summed E-state index contributed by atoms with van der Waals surface area (Å²) >= 11 is 1.48. The van der Waals surface area contributed by atoms with E-state index in [-0.39, 0.29) is 31.4 Å². The molecule has 12 nitrogen and oxygen atoms in total. The lowest BCUT2D eigenvalue weighted by Crippen LogP contribution is -2.52. The highest BCUT2D eigenvalue weighted by atomic mass is 32.2. The molecule has 3 heterocycles. The molecule has 0 spiro atoms. The molecule has 1 amide bonds. The minimum Gasteiger partial charge on any atom is -0.480 e. The molecule has 14 heteroatoms. The first kappa shape index (κ1) is 23.8. The minimum absolute atomic E-state index is 0.0510.